The summed E-state index contributed by atoms with van der Waals surface area (Å²) in [6, 6.07) is 8.87. The molecule has 0 bridgehead atoms. The molecule has 0 radical (unpaired) electrons. The van der Waals surface area contributed by atoms with Crippen molar-refractivity contribution in [2.75, 3.05) is 0 Å². The SMILES string of the molecule is CCCC(N)c1ccc(CC)cc1.Cl. The molecule has 1 nitrogen and oxygen atoms in total. The van der Waals surface area contributed by atoms with E-state index in [1.165, 1.54) is 11.1 Å². The molecule has 2 heteroatoms. The first-order valence-electron chi connectivity index (χ1n) is 5.12. The van der Waals surface area contributed by atoms with Gasteiger partial charge in [0, 0.05) is 6.04 Å². The van der Waals surface area contributed by atoms with Crippen molar-refractivity contribution in [3.8, 4) is 0 Å². The Balaban J connectivity index is 0.00000169. The molecule has 1 unspecified atom stereocenters. The molecule has 1 aromatic carbocycles. The third-order valence-corrected chi connectivity index (χ3v) is 2.42. The van der Waals surface area contributed by atoms with Crippen molar-refractivity contribution in [1.82, 2.24) is 0 Å². The quantitative estimate of drug-likeness (QED) is 0.815. The Hall–Kier alpha value is -0.530. The van der Waals surface area contributed by atoms with E-state index in [0.29, 0.717) is 0 Å². The van der Waals surface area contributed by atoms with Crippen molar-refractivity contribution in [1.29, 1.82) is 0 Å². The molecule has 80 valence electrons. The maximum Gasteiger partial charge on any atom is 0.0294 e. The summed E-state index contributed by atoms with van der Waals surface area (Å²) in [7, 11) is 0. The van der Waals surface area contributed by atoms with Crippen LogP contribution in [0.1, 0.15) is 43.9 Å². The fourth-order valence-corrected chi connectivity index (χ4v) is 1.48. The molecule has 0 aliphatic heterocycles. The largest absolute Gasteiger partial charge is 0.324 e. The van der Waals surface area contributed by atoms with Gasteiger partial charge in [0.25, 0.3) is 0 Å². The highest BCUT2D eigenvalue weighted by atomic mass is 35.5. The van der Waals surface area contributed by atoms with E-state index in [-0.39, 0.29) is 18.4 Å². The van der Waals surface area contributed by atoms with Gasteiger partial charge in [-0.3, -0.25) is 0 Å². The van der Waals surface area contributed by atoms with Gasteiger partial charge in [-0.05, 0) is 24.0 Å². The van der Waals surface area contributed by atoms with E-state index in [1.807, 2.05) is 0 Å². The first-order valence-corrected chi connectivity index (χ1v) is 5.12. The van der Waals surface area contributed by atoms with Crippen LogP contribution in [-0.2, 0) is 6.42 Å². The van der Waals surface area contributed by atoms with Gasteiger partial charge < -0.3 is 5.73 Å². The number of aryl methyl sites for hydroxylation is 1. The van der Waals surface area contributed by atoms with Crippen LogP contribution < -0.4 is 5.73 Å². The molecule has 1 atom stereocenters. The second-order valence-electron chi connectivity index (χ2n) is 3.49. The summed E-state index contributed by atoms with van der Waals surface area (Å²) in [5, 5.41) is 0. The normalized spacial score (nSPS) is 11.9. The minimum atomic E-state index is 0. The van der Waals surface area contributed by atoms with Crippen molar-refractivity contribution < 1.29 is 0 Å². The molecular weight excluding hydrogens is 194 g/mol. The molecule has 0 aromatic heterocycles. The molecule has 1 rings (SSSR count). The molecule has 1 aromatic rings. The topological polar surface area (TPSA) is 26.0 Å². The number of hydrogen-bond acceptors (Lipinski definition) is 1. The zero-order valence-electron chi connectivity index (χ0n) is 8.99. The van der Waals surface area contributed by atoms with Crippen LogP contribution in [-0.4, -0.2) is 0 Å². The summed E-state index contributed by atoms with van der Waals surface area (Å²) in [5.41, 5.74) is 8.64. The number of halogens is 1. The van der Waals surface area contributed by atoms with Gasteiger partial charge in [0.05, 0.1) is 0 Å². The van der Waals surface area contributed by atoms with Crippen LogP contribution in [0.2, 0.25) is 0 Å². The molecule has 2 N–H and O–H groups in total. The van der Waals surface area contributed by atoms with Crippen molar-refractivity contribution in [3.05, 3.63) is 35.4 Å². The van der Waals surface area contributed by atoms with Crippen LogP contribution >= 0.6 is 12.4 Å². The van der Waals surface area contributed by atoms with E-state index in [9.17, 15) is 0 Å². The molecular formula is C12H20ClN. The molecule has 0 amide bonds. The van der Waals surface area contributed by atoms with Crippen LogP contribution in [0.3, 0.4) is 0 Å². The fraction of sp³-hybridized carbons (Fsp3) is 0.500. The summed E-state index contributed by atoms with van der Waals surface area (Å²) >= 11 is 0. The van der Waals surface area contributed by atoms with Gasteiger partial charge in [0.1, 0.15) is 0 Å². The number of hydrogen-bond donors (Lipinski definition) is 1. The summed E-state index contributed by atoms with van der Waals surface area (Å²) in [6.45, 7) is 4.33. The minimum absolute atomic E-state index is 0. The summed E-state index contributed by atoms with van der Waals surface area (Å²) in [4.78, 5) is 0. The van der Waals surface area contributed by atoms with Crippen molar-refractivity contribution in [2.45, 2.75) is 39.2 Å². The van der Waals surface area contributed by atoms with Crippen LogP contribution in [0.25, 0.3) is 0 Å². The van der Waals surface area contributed by atoms with Crippen LogP contribution in [0.5, 0.6) is 0 Å². The molecule has 0 fully saturated rings. The molecule has 0 saturated heterocycles. The molecule has 0 saturated carbocycles. The van der Waals surface area contributed by atoms with E-state index in [2.05, 4.69) is 38.1 Å². The van der Waals surface area contributed by atoms with Gasteiger partial charge in [0.15, 0.2) is 0 Å². The average molecular weight is 214 g/mol. The van der Waals surface area contributed by atoms with Crippen LogP contribution in [0.15, 0.2) is 24.3 Å². The van der Waals surface area contributed by atoms with E-state index >= 15 is 0 Å². The lowest BCUT2D eigenvalue weighted by Crippen LogP contribution is -2.09. The lowest BCUT2D eigenvalue weighted by molar-refractivity contribution is 0.638. The van der Waals surface area contributed by atoms with E-state index in [4.69, 9.17) is 5.73 Å². The molecule has 0 heterocycles. The van der Waals surface area contributed by atoms with E-state index in [0.717, 1.165) is 19.3 Å². The lowest BCUT2D eigenvalue weighted by atomic mass is 10.0. The van der Waals surface area contributed by atoms with Gasteiger partial charge in [-0.2, -0.15) is 0 Å². The molecule has 0 aliphatic carbocycles. The zero-order chi connectivity index (χ0) is 9.68. The van der Waals surface area contributed by atoms with Gasteiger partial charge in [-0.1, -0.05) is 44.5 Å². The minimum Gasteiger partial charge on any atom is -0.324 e. The third kappa shape index (κ3) is 3.69. The smallest absolute Gasteiger partial charge is 0.0294 e. The third-order valence-electron chi connectivity index (χ3n) is 2.42. The van der Waals surface area contributed by atoms with E-state index in [1.54, 1.807) is 0 Å². The fourth-order valence-electron chi connectivity index (χ4n) is 1.48. The van der Waals surface area contributed by atoms with E-state index < -0.39 is 0 Å². The van der Waals surface area contributed by atoms with Crippen molar-refractivity contribution in [3.63, 3.8) is 0 Å². The van der Waals surface area contributed by atoms with Gasteiger partial charge in [0.2, 0.25) is 0 Å². The Morgan fingerprint density at radius 3 is 2.14 bits per heavy atom. The second-order valence-corrected chi connectivity index (χ2v) is 3.49. The number of rotatable bonds is 4. The second kappa shape index (κ2) is 6.86. The summed E-state index contributed by atoms with van der Waals surface area (Å²) < 4.78 is 0. The maximum atomic E-state index is 6.00. The monoisotopic (exact) mass is 213 g/mol. The predicted octanol–water partition coefficient (Wildman–Crippen LogP) is 3.47. The van der Waals surface area contributed by atoms with Gasteiger partial charge in [-0.15, -0.1) is 12.4 Å². The summed E-state index contributed by atoms with van der Waals surface area (Å²) in [5.74, 6) is 0. The Kier molecular flexibility index (Phi) is 6.60. The lowest BCUT2D eigenvalue weighted by Gasteiger charge is -2.10. The van der Waals surface area contributed by atoms with Crippen LogP contribution in [0.4, 0.5) is 0 Å². The average Bonchev–Trinajstić information content (AvgIpc) is 2.18. The highest BCUT2D eigenvalue weighted by molar-refractivity contribution is 5.85. The molecule has 0 spiro atoms. The zero-order valence-corrected chi connectivity index (χ0v) is 9.81. The Labute approximate surface area is 93.1 Å². The van der Waals surface area contributed by atoms with Crippen LogP contribution in [0, 0.1) is 0 Å². The van der Waals surface area contributed by atoms with Crippen molar-refractivity contribution in [2.24, 2.45) is 5.73 Å². The van der Waals surface area contributed by atoms with Crippen molar-refractivity contribution >= 4 is 12.4 Å². The number of benzene rings is 1. The Bertz CT molecular complexity index is 243. The Morgan fingerprint density at radius 2 is 1.71 bits per heavy atom. The van der Waals surface area contributed by atoms with Gasteiger partial charge in [-0.25, -0.2) is 0 Å². The maximum absolute atomic E-state index is 6.00. The standard InChI is InChI=1S/C12H19N.ClH/c1-3-5-12(13)11-8-6-10(4-2)7-9-11;/h6-9,12H,3-5,13H2,1-2H3;1H. The Morgan fingerprint density at radius 1 is 1.14 bits per heavy atom. The van der Waals surface area contributed by atoms with Gasteiger partial charge >= 0.3 is 0 Å². The molecule has 0 aliphatic rings. The highest BCUT2D eigenvalue weighted by Gasteiger charge is 2.03. The highest BCUT2D eigenvalue weighted by Crippen LogP contribution is 2.16. The molecule has 14 heavy (non-hydrogen) atoms. The first kappa shape index (κ1) is 13.5. The summed E-state index contributed by atoms with van der Waals surface area (Å²) in [6.07, 6.45) is 3.32. The predicted molar refractivity (Wildman–Crippen MR) is 64.9 cm³/mol. The first-order chi connectivity index (χ1) is 6.27. The number of nitrogens with two attached hydrogens (primary N) is 1.